The Morgan fingerprint density at radius 3 is 1.45 bits per heavy atom. The standard InChI is InChI=1S/C70H39N3O3/c1-6-25-54-45(17-1)46-18-2-7-26-55(46)70(54)56-27-8-3-20-49(56)64-44(22-12-28-57(64)70)42-16-11-15-40(37-42)41-34-36-60-53(38-41)66-52(24-14-32-62(66)75-60)69-72-67(43-33-35-48-47-19-4-9-29-58(47)76-63(48)39-43)71-68(73-69)51-23-13-31-61-65(51)50-21-5-10-30-59(50)74-61/h1-39H. The number of aromatic nitrogens is 3. The first-order valence-corrected chi connectivity index (χ1v) is 25.7. The summed E-state index contributed by atoms with van der Waals surface area (Å²) < 4.78 is 19.5. The van der Waals surface area contributed by atoms with Crippen LogP contribution in [0.25, 0.3) is 144 Å². The van der Waals surface area contributed by atoms with Gasteiger partial charge in [-0.05, 0) is 121 Å². The van der Waals surface area contributed by atoms with E-state index in [9.17, 15) is 0 Å². The highest BCUT2D eigenvalue weighted by Crippen LogP contribution is 2.64. The van der Waals surface area contributed by atoms with Crippen molar-refractivity contribution in [3.63, 3.8) is 0 Å². The first-order valence-electron chi connectivity index (χ1n) is 25.7. The second-order valence-electron chi connectivity index (χ2n) is 20.1. The van der Waals surface area contributed by atoms with Gasteiger partial charge in [-0.1, -0.05) is 182 Å². The van der Waals surface area contributed by atoms with E-state index >= 15 is 0 Å². The lowest BCUT2D eigenvalue weighted by Crippen LogP contribution is -2.25. The molecular weight excluding hydrogens is 931 g/mol. The predicted molar refractivity (Wildman–Crippen MR) is 305 cm³/mol. The van der Waals surface area contributed by atoms with E-state index in [0.29, 0.717) is 17.5 Å². The fraction of sp³-hybridized carbons (Fsp3) is 0.0143. The number of nitrogens with zero attached hydrogens (tertiary/aromatic N) is 3. The second kappa shape index (κ2) is 15.4. The third kappa shape index (κ3) is 5.67. The highest BCUT2D eigenvalue weighted by molar-refractivity contribution is 6.14. The largest absolute Gasteiger partial charge is 0.456 e. The fourth-order valence-electron chi connectivity index (χ4n) is 13.0. The summed E-state index contributed by atoms with van der Waals surface area (Å²) in [5, 5.41) is 5.94. The van der Waals surface area contributed by atoms with Crippen LogP contribution in [0.2, 0.25) is 0 Å². The van der Waals surface area contributed by atoms with Crippen LogP contribution < -0.4 is 0 Å². The Morgan fingerprint density at radius 2 is 0.711 bits per heavy atom. The SMILES string of the molecule is c1cc(-c2ccc3oc4cccc(-c5nc(-c6ccc7c(c6)oc6ccccc67)nc(-c6cccc7oc8ccccc8c67)n5)c4c3c2)cc(-c2cccc3c2-c2ccccc2C32c3ccccc3-c3ccccc32)c1. The first-order chi connectivity index (χ1) is 37.7. The van der Waals surface area contributed by atoms with Gasteiger partial charge in [0.25, 0.3) is 0 Å². The zero-order valence-electron chi connectivity index (χ0n) is 40.6. The summed E-state index contributed by atoms with van der Waals surface area (Å²) in [5.74, 6) is 1.59. The molecule has 4 aromatic heterocycles. The molecule has 0 amide bonds. The quantitative estimate of drug-likeness (QED) is 0.171. The Balaban J connectivity index is 0.833. The minimum atomic E-state index is -0.416. The molecule has 0 fully saturated rings. The molecule has 0 saturated carbocycles. The lowest BCUT2D eigenvalue weighted by atomic mass is 9.70. The van der Waals surface area contributed by atoms with Crippen LogP contribution in [0.15, 0.2) is 250 Å². The predicted octanol–water partition coefficient (Wildman–Crippen LogP) is 18.2. The molecule has 2 aliphatic rings. The van der Waals surface area contributed by atoms with Gasteiger partial charge in [-0.25, -0.2) is 15.0 Å². The van der Waals surface area contributed by atoms with E-state index in [4.69, 9.17) is 28.2 Å². The molecule has 0 aliphatic heterocycles. The maximum absolute atomic E-state index is 6.68. The molecule has 11 aromatic carbocycles. The van der Waals surface area contributed by atoms with E-state index < -0.39 is 5.41 Å². The van der Waals surface area contributed by atoms with Crippen LogP contribution in [0.1, 0.15) is 22.3 Å². The molecule has 0 unspecified atom stereocenters. The molecule has 17 rings (SSSR count). The number of furan rings is 3. The molecule has 0 bridgehead atoms. The second-order valence-corrected chi connectivity index (χ2v) is 20.1. The van der Waals surface area contributed by atoms with Gasteiger partial charge in [0, 0.05) is 49.0 Å². The number of hydrogen-bond donors (Lipinski definition) is 0. The lowest BCUT2D eigenvalue weighted by Gasteiger charge is -2.30. The molecular formula is C70H39N3O3. The fourth-order valence-corrected chi connectivity index (χ4v) is 13.0. The van der Waals surface area contributed by atoms with E-state index in [1.165, 1.54) is 50.1 Å². The van der Waals surface area contributed by atoms with Gasteiger partial charge in [0.1, 0.15) is 33.5 Å². The summed E-state index contributed by atoms with van der Waals surface area (Å²) >= 11 is 0. The van der Waals surface area contributed by atoms with Crippen LogP contribution >= 0.6 is 0 Å². The summed E-state index contributed by atoms with van der Waals surface area (Å²) in [7, 11) is 0. The van der Waals surface area contributed by atoms with Crippen molar-refractivity contribution in [1.29, 1.82) is 0 Å². The maximum atomic E-state index is 6.68. The highest BCUT2D eigenvalue weighted by atomic mass is 16.3. The van der Waals surface area contributed by atoms with Gasteiger partial charge in [0.05, 0.1) is 5.41 Å². The normalized spacial score (nSPS) is 13.1. The van der Waals surface area contributed by atoms with Crippen molar-refractivity contribution in [2.24, 2.45) is 0 Å². The highest BCUT2D eigenvalue weighted by Gasteiger charge is 2.52. The van der Waals surface area contributed by atoms with Gasteiger partial charge < -0.3 is 13.3 Å². The van der Waals surface area contributed by atoms with E-state index in [-0.39, 0.29) is 0 Å². The topological polar surface area (TPSA) is 78.1 Å². The van der Waals surface area contributed by atoms with Crippen molar-refractivity contribution in [3.05, 3.63) is 259 Å². The zero-order chi connectivity index (χ0) is 49.6. The van der Waals surface area contributed by atoms with Gasteiger partial charge in [0.15, 0.2) is 17.5 Å². The van der Waals surface area contributed by atoms with Crippen LogP contribution in [-0.2, 0) is 5.41 Å². The number of hydrogen-bond acceptors (Lipinski definition) is 6. The average Bonchev–Trinajstić information content (AvgIpc) is 4.33. The Bertz CT molecular complexity index is 4930. The number of fused-ring (bicyclic) bond motifs is 19. The van der Waals surface area contributed by atoms with Crippen molar-refractivity contribution >= 4 is 65.8 Å². The van der Waals surface area contributed by atoms with Crippen molar-refractivity contribution in [2.75, 3.05) is 0 Å². The number of rotatable bonds is 5. The molecule has 352 valence electrons. The van der Waals surface area contributed by atoms with E-state index in [1.54, 1.807) is 0 Å². The third-order valence-electron chi connectivity index (χ3n) is 16.2. The molecule has 0 N–H and O–H groups in total. The van der Waals surface area contributed by atoms with Crippen LogP contribution in [0.4, 0.5) is 0 Å². The minimum absolute atomic E-state index is 0.416. The molecule has 76 heavy (non-hydrogen) atoms. The molecule has 0 atom stereocenters. The van der Waals surface area contributed by atoms with Gasteiger partial charge in [-0.3, -0.25) is 0 Å². The summed E-state index contributed by atoms with van der Waals surface area (Å²) in [4.78, 5) is 15.9. The van der Waals surface area contributed by atoms with Gasteiger partial charge in [-0.15, -0.1) is 0 Å². The van der Waals surface area contributed by atoms with E-state index in [1.807, 2.05) is 66.7 Å². The lowest BCUT2D eigenvalue weighted by molar-refractivity contribution is 0.668. The molecule has 15 aromatic rings. The Labute approximate surface area is 434 Å². The van der Waals surface area contributed by atoms with E-state index in [2.05, 4.69) is 170 Å². The minimum Gasteiger partial charge on any atom is -0.456 e. The Kier molecular flexibility index (Phi) is 8.39. The molecule has 0 saturated heterocycles. The van der Waals surface area contributed by atoms with Crippen LogP contribution in [0, 0.1) is 0 Å². The molecule has 6 nitrogen and oxygen atoms in total. The molecule has 6 heteroatoms. The third-order valence-corrected chi connectivity index (χ3v) is 16.2. The van der Waals surface area contributed by atoms with Crippen LogP contribution in [0.5, 0.6) is 0 Å². The Morgan fingerprint density at radius 1 is 0.250 bits per heavy atom. The van der Waals surface area contributed by atoms with Gasteiger partial charge >= 0.3 is 0 Å². The Hall–Kier alpha value is -10.2. The molecule has 4 heterocycles. The average molecular weight is 970 g/mol. The smallest absolute Gasteiger partial charge is 0.164 e. The maximum Gasteiger partial charge on any atom is 0.164 e. The van der Waals surface area contributed by atoms with Gasteiger partial charge in [0.2, 0.25) is 0 Å². The summed E-state index contributed by atoms with van der Waals surface area (Å²) in [6, 6.07) is 84.0. The number of para-hydroxylation sites is 2. The van der Waals surface area contributed by atoms with E-state index in [0.717, 1.165) is 99.2 Å². The summed E-state index contributed by atoms with van der Waals surface area (Å²) in [6.45, 7) is 0. The van der Waals surface area contributed by atoms with Crippen LogP contribution in [-0.4, -0.2) is 15.0 Å². The molecule has 2 aliphatic carbocycles. The summed E-state index contributed by atoms with van der Waals surface area (Å²) in [5.41, 5.74) is 21.8. The number of benzene rings is 11. The van der Waals surface area contributed by atoms with Crippen LogP contribution in [0.3, 0.4) is 0 Å². The zero-order valence-corrected chi connectivity index (χ0v) is 40.6. The summed E-state index contributed by atoms with van der Waals surface area (Å²) in [6.07, 6.45) is 0. The molecule has 1 spiro atoms. The monoisotopic (exact) mass is 969 g/mol. The molecule has 0 radical (unpaired) electrons. The van der Waals surface area contributed by atoms with Crippen molar-refractivity contribution in [3.8, 4) is 78.7 Å². The first kappa shape index (κ1) is 41.3. The van der Waals surface area contributed by atoms with Gasteiger partial charge in [-0.2, -0.15) is 0 Å². The van der Waals surface area contributed by atoms with Crippen molar-refractivity contribution in [2.45, 2.75) is 5.41 Å². The van der Waals surface area contributed by atoms with Crippen molar-refractivity contribution < 1.29 is 13.3 Å². The van der Waals surface area contributed by atoms with Crippen molar-refractivity contribution in [1.82, 2.24) is 15.0 Å².